The van der Waals surface area contributed by atoms with E-state index in [-0.39, 0.29) is 12.5 Å². The van der Waals surface area contributed by atoms with Gasteiger partial charge in [-0.3, -0.25) is 4.79 Å². The zero-order valence-electron chi connectivity index (χ0n) is 21.1. The average Bonchev–Trinajstić information content (AvgIpc) is 3.40. The molecule has 1 amide bonds. The molecule has 0 saturated heterocycles. The number of amides is 1. The maximum atomic E-state index is 12.5. The lowest BCUT2D eigenvalue weighted by atomic mass is 10.1. The van der Waals surface area contributed by atoms with Gasteiger partial charge in [0.2, 0.25) is 0 Å². The summed E-state index contributed by atoms with van der Waals surface area (Å²) in [6, 6.07) is 31.3. The summed E-state index contributed by atoms with van der Waals surface area (Å²) in [4.78, 5) is 12.5. The molecule has 190 valence electrons. The zero-order valence-corrected chi connectivity index (χ0v) is 21.1. The molecule has 5 aromatic rings. The van der Waals surface area contributed by atoms with Gasteiger partial charge in [0.15, 0.2) is 6.61 Å². The molecule has 0 radical (unpaired) electrons. The first-order valence-corrected chi connectivity index (χ1v) is 12.5. The Labute approximate surface area is 221 Å². The van der Waals surface area contributed by atoms with E-state index in [0.717, 1.165) is 45.5 Å². The van der Waals surface area contributed by atoms with Crippen molar-refractivity contribution in [3.05, 3.63) is 109 Å². The van der Waals surface area contributed by atoms with Crippen LogP contribution < -0.4 is 14.9 Å². The van der Waals surface area contributed by atoms with Gasteiger partial charge in [-0.05, 0) is 54.3 Å². The molecule has 0 fully saturated rings. The molecule has 0 bridgehead atoms. The minimum absolute atomic E-state index is 0.152. The van der Waals surface area contributed by atoms with Crippen molar-refractivity contribution in [1.29, 1.82) is 0 Å². The van der Waals surface area contributed by atoms with Gasteiger partial charge < -0.3 is 9.47 Å². The topological polar surface area (TPSA) is 77.7 Å². The maximum Gasteiger partial charge on any atom is 0.277 e. The van der Waals surface area contributed by atoms with Crippen LogP contribution in [-0.4, -0.2) is 35.1 Å². The molecule has 7 heteroatoms. The predicted octanol–water partition coefficient (Wildman–Crippen LogP) is 6.01. The number of nitrogens with zero attached hydrogens (tertiary/aromatic N) is 3. The third-order valence-electron chi connectivity index (χ3n) is 5.87. The lowest BCUT2D eigenvalue weighted by Gasteiger charge is -2.08. The van der Waals surface area contributed by atoms with Gasteiger partial charge in [-0.15, -0.1) is 0 Å². The largest absolute Gasteiger partial charge is 0.494 e. The summed E-state index contributed by atoms with van der Waals surface area (Å²) in [6.07, 6.45) is 4.43. The fourth-order valence-corrected chi connectivity index (χ4v) is 4.02. The number of carbonyl (C=O) groups is 1. The summed E-state index contributed by atoms with van der Waals surface area (Å²) in [6.45, 7) is 2.59. The number of hydrogen-bond donors (Lipinski definition) is 1. The van der Waals surface area contributed by atoms with E-state index in [1.54, 1.807) is 10.9 Å². The quantitative estimate of drug-likeness (QED) is 0.187. The van der Waals surface area contributed by atoms with Crippen molar-refractivity contribution in [2.45, 2.75) is 13.3 Å². The summed E-state index contributed by atoms with van der Waals surface area (Å²) < 4.78 is 13.3. The Balaban J connectivity index is 1.31. The molecule has 0 aliphatic rings. The summed E-state index contributed by atoms with van der Waals surface area (Å²) in [5, 5.41) is 11.0. The SMILES string of the molecule is CCCOc1ccc(-c2nn(-c3ccccc3)cc2/C=N/NC(=O)COc2cccc3ccccc23)cc1. The van der Waals surface area contributed by atoms with Gasteiger partial charge in [0, 0.05) is 22.7 Å². The van der Waals surface area contributed by atoms with Crippen LogP contribution in [0, 0.1) is 0 Å². The molecule has 0 saturated carbocycles. The number of benzene rings is 4. The van der Waals surface area contributed by atoms with Crippen LogP contribution in [0.3, 0.4) is 0 Å². The number of para-hydroxylation sites is 1. The van der Waals surface area contributed by atoms with E-state index < -0.39 is 0 Å². The monoisotopic (exact) mass is 504 g/mol. The highest BCUT2D eigenvalue weighted by Crippen LogP contribution is 2.26. The number of nitrogens with one attached hydrogen (secondary N) is 1. The molecule has 38 heavy (non-hydrogen) atoms. The first-order chi connectivity index (χ1) is 18.7. The van der Waals surface area contributed by atoms with Crippen LogP contribution >= 0.6 is 0 Å². The second kappa shape index (κ2) is 11.9. The van der Waals surface area contributed by atoms with Gasteiger partial charge >= 0.3 is 0 Å². The van der Waals surface area contributed by atoms with Gasteiger partial charge in [-0.25, -0.2) is 10.1 Å². The Kier molecular flexibility index (Phi) is 7.75. The van der Waals surface area contributed by atoms with Crippen molar-refractivity contribution in [2.75, 3.05) is 13.2 Å². The van der Waals surface area contributed by atoms with Crippen molar-refractivity contribution >= 4 is 22.9 Å². The Morgan fingerprint density at radius 3 is 2.50 bits per heavy atom. The number of aromatic nitrogens is 2. The molecule has 0 unspecified atom stereocenters. The van der Waals surface area contributed by atoms with E-state index >= 15 is 0 Å². The number of ether oxygens (including phenoxy) is 2. The standard InChI is InChI=1S/C31H28N4O3/c1-2-19-37-27-17-15-24(16-18-27)31-25(21-35(34-31)26-11-4-3-5-12-26)20-32-33-30(36)22-38-29-14-8-10-23-9-6-7-13-28(23)29/h3-18,20-21H,2,19,22H2,1H3,(H,33,36)/b32-20+. The van der Waals surface area contributed by atoms with Gasteiger partial charge in [-0.2, -0.15) is 10.2 Å². The number of rotatable bonds is 10. The minimum Gasteiger partial charge on any atom is -0.494 e. The van der Waals surface area contributed by atoms with Crippen LogP contribution in [0.25, 0.3) is 27.7 Å². The van der Waals surface area contributed by atoms with Crippen LogP contribution in [0.1, 0.15) is 18.9 Å². The van der Waals surface area contributed by atoms with Gasteiger partial charge in [0.1, 0.15) is 17.2 Å². The molecule has 0 spiro atoms. The van der Waals surface area contributed by atoms with E-state index in [4.69, 9.17) is 14.6 Å². The van der Waals surface area contributed by atoms with E-state index in [9.17, 15) is 4.79 Å². The van der Waals surface area contributed by atoms with E-state index in [1.807, 2.05) is 103 Å². The highest BCUT2D eigenvalue weighted by Gasteiger charge is 2.12. The summed E-state index contributed by atoms with van der Waals surface area (Å²) in [5.41, 5.74) is 5.88. The van der Waals surface area contributed by atoms with Crippen molar-refractivity contribution in [3.8, 4) is 28.4 Å². The van der Waals surface area contributed by atoms with E-state index in [2.05, 4.69) is 17.5 Å². The van der Waals surface area contributed by atoms with Crippen molar-refractivity contribution in [3.63, 3.8) is 0 Å². The number of carbonyl (C=O) groups excluding carboxylic acids is 1. The molecule has 1 aromatic heterocycles. The fraction of sp³-hybridized carbons (Fsp3) is 0.129. The van der Waals surface area contributed by atoms with E-state index in [0.29, 0.717) is 12.4 Å². The highest BCUT2D eigenvalue weighted by molar-refractivity contribution is 5.90. The molecule has 0 aliphatic heterocycles. The van der Waals surface area contributed by atoms with Crippen LogP contribution in [-0.2, 0) is 4.79 Å². The Bertz CT molecular complexity index is 1540. The zero-order chi connectivity index (χ0) is 26.2. The third-order valence-corrected chi connectivity index (χ3v) is 5.87. The molecular weight excluding hydrogens is 476 g/mol. The molecule has 1 N–H and O–H groups in total. The van der Waals surface area contributed by atoms with Crippen molar-refractivity contribution in [1.82, 2.24) is 15.2 Å². The lowest BCUT2D eigenvalue weighted by molar-refractivity contribution is -0.123. The Morgan fingerprint density at radius 1 is 0.921 bits per heavy atom. The number of hydrogen-bond acceptors (Lipinski definition) is 5. The number of hydrazone groups is 1. The smallest absolute Gasteiger partial charge is 0.277 e. The van der Waals surface area contributed by atoms with Crippen molar-refractivity contribution in [2.24, 2.45) is 5.10 Å². The first-order valence-electron chi connectivity index (χ1n) is 12.5. The van der Waals surface area contributed by atoms with E-state index in [1.165, 1.54) is 0 Å². The molecule has 5 rings (SSSR count). The summed E-state index contributed by atoms with van der Waals surface area (Å²) in [7, 11) is 0. The third kappa shape index (κ3) is 5.90. The molecule has 4 aromatic carbocycles. The maximum absolute atomic E-state index is 12.5. The molecular formula is C31H28N4O3. The Hall–Kier alpha value is -4.91. The lowest BCUT2D eigenvalue weighted by Crippen LogP contribution is -2.24. The number of fused-ring (bicyclic) bond motifs is 1. The second-order valence-corrected chi connectivity index (χ2v) is 8.65. The fourth-order valence-electron chi connectivity index (χ4n) is 4.02. The molecule has 7 nitrogen and oxygen atoms in total. The normalized spacial score (nSPS) is 11.1. The van der Waals surface area contributed by atoms with Crippen LogP contribution in [0.2, 0.25) is 0 Å². The van der Waals surface area contributed by atoms with Crippen LogP contribution in [0.5, 0.6) is 11.5 Å². The van der Waals surface area contributed by atoms with Gasteiger partial charge in [0.05, 0.1) is 18.5 Å². The second-order valence-electron chi connectivity index (χ2n) is 8.65. The Morgan fingerprint density at radius 2 is 1.68 bits per heavy atom. The summed E-state index contributed by atoms with van der Waals surface area (Å²) >= 11 is 0. The van der Waals surface area contributed by atoms with Gasteiger partial charge in [-0.1, -0.05) is 61.5 Å². The van der Waals surface area contributed by atoms with Gasteiger partial charge in [0.25, 0.3) is 5.91 Å². The molecule has 1 heterocycles. The van der Waals surface area contributed by atoms with Crippen LogP contribution in [0.4, 0.5) is 0 Å². The average molecular weight is 505 g/mol. The molecule has 0 atom stereocenters. The highest BCUT2D eigenvalue weighted by atomic mass is 16.5. The summed E-state index contributed by atoms with van der Waals surface area (Å²) in [5.74, 6) is 1.11. The predicted molar refractivity (Wildman–Crippen MR) is 150 cm³/mol. The van der Waals surface area contributed by atoms with Crippen LogP contribution in [0.15, 0.2) is 108 Å². The first kappa shape index (κ1) is 24.8. The minimum atomic E-state index is -0.358. The molecule has 0 aliphatic carbocycles. The van der Waals surface area contributed by atoms with Crippen molar-refractivity contribution < 1.29 is 14.3 Å².